The van der Waals surface area contributed by atoms with E-state index in [0.29, 0.717) is 11.9 Å². The fraction of sp³-hybridized carbons (Fsp3) is 0.250. The number of nitrogens with one attached hydrogen (secondary N) is 1. The number of hydrogen-bond acceptors (Lipinski definition) is 4. The van der Waals surface area contributed by atoms with E-state index in [1.165, 1.54) is 16.7 Å². The second-order valence-corrected chi connectivity index (χ2v) is 4.41. The Balaban J connectivity index is 2.15. The van der Waals surface area contributed by atoms with Crippen LogP contribution in [0.4, 0.5) is 10.3 Å². The molecule has 1 atom stereocenters. The fourth-order valence-corrected chi connectivity index (χ4v) is 2.36. The summed E-state index contributed by atoms with van der Waals surface area (Å²) in [5.41, 5.74) is 6.35. The zero-order valence-corrected chi connectivity index (χ0v) is 9.89. The van der Waals surface area contributed by atoms with E-state index in [9.17, 15) is 14.0 Å². The first-order chi connectivity index (χ1) is 9.08. The van der Waals surface area contributed by atoms with Gasteiger partial charge >= 0.3 is 0 Å². The Morgan fingerprint density at radius 1 is 1.42 bits per heavy atom. The van der Waals surface area contributed by atoms with E-state index in [1.807, 2.05) is 0 Å². The topological polar surface area (TPSA) is 90.0 Å². The van der Waals surface area contributed by atoms with Crippen LogP contribution in [0.25, 0.3) is 11.0 Å². The number of halogens is 1. The molecule has 6 nitrogen and oxygen atoms in total. The van der Waals surface area contributed by atoms with Crippen molar-refractivity contribution in [2.24, 2.45) is 0 Å². The number of nitrogen functional groups attached to an aromatic ring is 1. The monoisotopic (exact) mass is 262 g/mol. The van der Waals surface area contributed by atoms with Crippen LogP contribution >= 0.6 is 0 Å². The normalized spacial score (nSPS) is 19.7. The standard InChI is InChI=1S/C12H11FN4O2/c13-6-2-1-3-7-10(6)16-12(14)17(7)8-4-5-9(18)15-11(8)19/h1-3,8H,4-5H2,(H2,14,16)(H,15,18,19). The Labute approximate surface area is 107 Å². The fourth-order valence-electron chi connectivity index (χ4n) is 2.36. The number of anilines is 1. The van der Waals surface area contributed by atoms with E-state index in [2.05, 4.69) is 10.3 Å². The number of amides is 2. The van der Waals surface area contributed by atoms with Gasteiger partial charge in [-0.2, -0.15) is 0 Å². The van der Waals surface area contributed by atoms with Gasteiger partial charge in [-0.15, -0.1) is 0 Å². The molecule has 2 amide bonds. The van der Waals surface area contributed by atoms with E-state index in [-0.39, 0.29) is 23.8 Å². The molecule has 0 aliphatic carbocycles. The summed E-state index contributed by atoms with van der Waals surface area (Å²) < 4.78 is 15.1. The smallest absolute Gasteiger partial charge is 0.249 e. The average Bonchev–Trinajstić information content (AvgIpc) is 2.68. The largest absolute Gasteiger partial charge is 0.369 e. The van der Waals surface area contributed by atoms with Crippen molar-refractivity contribution in [3.8, 4) is 0 Å². The number of carbonyl (C=O) groups is 2. The first kappa shape index (κ1) is 11.6. The molecule has 1 aliphatic heterocycles. The number of imide groups is 1. The SMILES string of the molecule is Nc1nc2c(F)cccc2n1C1CCC(=O)NC1=O. The summed E-state index contributed by atoms with van der Waals surface area (Å²) >= 11 is 0. The molecule has 98 valence electrons. The molecule has 0 radical (unpaired) electrons. The summed E-state index contributed by atoms with van der Waals surface area (Å²) in [7, 11) is 0. The lowest BCUT2D eigenvalue weighted by atomic mass is 10.1. The minimum absolute atomic E-state index is 0.0644. The molecule has 1 fully saturated rings. The highest BCUT2D eigenvalue weighted by Gasteiger charge is 2.30. The van der Waals surface area contributed by atoms with Gasteiger partial charge in [-0.3, -0.25) is 19.5 Å². The third-order valence-electron chi connectivity index (χ3n) is 3.22. The predicted octanol–water partition coefficient (Wildman–Crippen LogP) is 0.735. The third kappa shape index (κ3) is 1.74. The summed E-state index contributed by atoms with van der Waals surface area (Å²) in [6, 6.07) is 3.82. The zero-order chi connectivity index (χ0) is 13.6. The van der Waals surface area contributed by atoms with Crippen LogP contribution in [-0.4, -0.2) is 21.4 Å². The van der Waals surface area contributed by atoms with Crippen LogP contribution in [-0.2, 0) is 9.59 Å². The molecule has 3 N–H and O–H groups in total. The molecule has 3 rings (SSSR count). The Hall–Kier alpha value is -2.44. The van der Waals surface area contributed by atoms with Crippen molar-refractivity contribution in [3.63, 3.8) is 0 Å². The number of piperidine rings is 1. The van der Waals surface area contributed by atoms with E-state index < -0.39 is 17.8 Å². The van der Waals surface area contributed by atoms with Crippen LogP contribution in [0.1, 0.15) is 18.9 Å². The molecular weight excluding hydrogens is 251 g/mol. The summed E-state index contributed by atoms with van der Waals surface area (Å²) in [6.07, 6.45) is 0.557. The van der Waals surface area contributed by atoms with Gasteiger partial charge in [0.15, 0.2) is 5.82 Å². The van der Waals surface area contributed by atoms with Crippen LogP contribution < -0.4 is 11.1 Å². The molecule has 1 aromatic carbocycles. The zero-order valence-electron chi connectivity index (χ0n) is 9.89. The number of imidazole rings is 1. The van der Waals surface area contributed by atoms with Gasteiger partial charge in [0.2, 0.25) is 17.8 Å². The van der Waals surface area contributed by atoms with Gasteiger partial charge in [-0.1, -0.05) is 6.07 Å². The number of carbonyl (C=O) groups excluding carboxylic acids is 2. The Morgan fingerprint density at radius 3 is 2.95 bits per heavy atom. The lowest BCUT2D eigenvalue weighted by Gasteiger charge is -2.23. The molecule has 0 saturated carbocycles. The number of para-hydroxylation sites is 1. The van der Waals surface area contributed by atoms with Crippen LogP contribution in [0, 0.1) is 5.82 Å². The highest BCUT2D eigenvalue weighted by molar-refractivity contribution is 6.00. The van der Waals surface area contributed by atoms with Gasteiger partial charge in [0, 0.05) is 6.42 Å². The van der Waals surface area contributed by atoms with Crippen molar-refractivity contribution < 1.29 is 14.0 Å². The van der Waals surface area contributed by atoms with E-state index >= 15 is 0 Å². The molecule has 1 aromatic heterocycles. The number of nitrogens with two attached hydrogens (primary N) is 1. The number of fused-ring (bicyclic) bond motifs is 1. The van der Waals surface area contributed by atoms with Crippen LogP contribution in [0.15, 0.2) is 18.2 Å². The number of benzene rings is 1. The molecule has 19 heavy (non-hydrogen) atoms. The Kier molecular flexibility index (Phi) is 2.48. The van der Waals surface area contributed by atoms with E-state index in [4.69, 9.17) is 5.73 Å². The third-order valence-corrected chi connectivity index (χ3v) is 3.22. The number of aromatic nitrogens is 2. The molecule has 0 bridgehead atoms. The number of rotatable bonds is 1. The first-order valence-corrected chi connectivity index (χ1v) is 5.83. The minimum Gasteiger partial charge on any atom is -0.369 e. The second kappa shape index (κ2) is 4.04. The van der Waals surface area contributed by atoms with Crippen LogP contribution in [0.5, 0.6) is 0 Å². The Bertz CT molecular complexity index is 694. The summed E-state index contributed by atoms with van der Waals surface area (Å²) in [4.78, 5) is 26.9. The maximum absolute atomic E-state index is 13.6. The quantitative estimate of drug-likeness (QED) is 0.741. The predicted molar refractivity (Wildman–Crippen MR) is 65.5 cm³/mol. The highest BCUT2D eigenvalue weighted by Crippen LogP contribution is 2.28. The maximum Gasteiger partial charge on any atom is 0.249 e. The van der Waals surface area contributed by atoms with Crippen molar-refractivity contribution in [3.05, 3.63) is 24.0 Å². The van der Waals surface area contributed by atoms with Crippen molar-refractivity contribution in [2.75, 3.05) is 5.73 Å². The van der Waals surface area contributed by atoms with Crippen LogP contribution in [0.3, 0.4) is 0 Å². The van der Waals surface area contributed by atoms with Crippen molar-refractivity contribution in [2.45, 2.75) is 18.9 Å². The lowest BCUT2D eigenvalue weighted by molar-refractivity contribution is -0.135. The van der Waals surface area contributed by atoms with Crippen molar-refractivity contribution in [1.82, 2.24) is 14.9 Å². The molecular formula is C12H11FN4O2. The first-order valence-electron chi connectivity index (χ1n) is 5.83. The van der Waals surface area contributed by atoms with Gasteiger partial charge in [0.1, 0.15) is 11.6 Å². The molecule has 1 unspecified atom stereocenters. The van der Waals surface area contributed by atoms with Crippen molar-refractivity contribution in [1.29, 1.82) is 0 Å². The number of nitrogens with zero attached hydrogens (tertiary/aromatic N) is 2. The van der Waals surface area contributed by atoms with Gasteiger partial charge in [-0.25, -0.2) is 9.37 Å². The van der Waals surface area contributed by atoms with Crippen molar-refractivity contribution >= 4 is 28.8 Å². The summed E-state index contributed by atoms with van der Waals surface area (Å²) in [5.74, 6) is -1.17. The summed E-state index contributed by atoms with van der Waals surface area (Å²) in [6.45, 7) is 0. The average molecular weight is 262 g/mol. The van der Waals surface area contributed by atoms with Gasteiger partial charge < -0.3 is 5.73 Å². The molecule has 2 heterocycles. The second-order valence-electron chi connectivity index (χ2n) is 4.41. The van der Waals surface area contributed by atoms with Gasteiger partial charge in [0.25, 0.3) is 0 Å². The van der Waals surface area contributed by atoms with E-state index in [0.717, 1.165) is 0 Å². The Morgan fingerprint density at radius 2 is 2.21 bits per heavy atom. The molecule has 7 heteroatoms. The molecule has 2 aromatic rings. The summed E-state index contributed by atoms with van der Waals surface area (Å²) in [5, 5.41) is 2.25. The maximum atomic E-state index is 13.6. The van der Waals surface area contributed by atoms with Crippen LogP contribution in [0.2, 0.25) is 0 Å². The molecule has 1 aliphatic rings. The number of hydrogen-bond donors (Lipinski definition) is 2. The molecule has 1 saturated heterocycles. The highest BCUT2D eigenvalue weighted by atomic mass is 19.1. The molecule has 0 spiro atoms. The van der Waals surface area contributed by atoms with Gasteiger partial charge in [0.05, 0.1) is 5.52 Å². The minimum atomic E-state index is -0.635. The van der Waals surface area contributed by atoms with E-state index in [1.54, 1.807) is 6.07 Å². The van der Waals surface area contributed by atoms with Gasteiger partial charge in [-0.05, 0) is 18.6 Å². The lowest BCUT2D eigenvalue weighted by Crippen LogP contribution is -2.41.